The van der Waals surface area contributed by atoms with E-state index in [9.17, 15) is 4.79 Å². The first-order valence-electron chi connectivity index (χ1n) is 12.7. The number of nitrogens with one attached hydrogen (secondary N) is 2. The number of aromatic nitrogens is 4. The lowest BCUT2D eigenvalue weighted by atomic mass is 10.0. The highest BCUT2D eigenvalue weighted by Crippen LogP contribution is 2.30. The average molecular weight is 574 g/mol. The fourth-order valence-electron chi connectivity index (χ4n) is 4.96. The van der Waals surface area contributed by atoms with E-state index in [0.29, 0.717) is 11.5 Å². The molecule has 1 amide bonds. The van der Waals surface area contributed by atoms with Gasteiger partial charge in [0.2, 0.25) is 5.95 Å². The van der Waals surface area contributed by atoms with Gasteiger partial charge < -0.3 is 24.8 Å². The maximum atomic E-state index is 13.2. The molecule has 2 aliphatic rings. The number of nitrogens with zero attached hydrogens (tertiary/aromatic N) is 5. The molecule has 10 heteroatoms. The van der Waals surface area contributed by atoms with Gasteiger partial charge in [-0.3, -0.25) is 4.79 Å². The Morgan fingerprint density at radius 1 is 1.05 bits per heavy atom. The van der Waals surface area contributed by atoms with Crippen LogP contribution < -0.4 is 15.5 Å². The van der Waals surface area contributed by atoms with Gasteiger partial charge in [-0.05, 0) is 72.4 Å². The fourth-order valence-corrected chi connectivity index (χ4v) is 5.53. The number of pyridine rings is 1. The van der Waals surface area contributed by atoms with Gasteiger partial charge in [-0.1, -0.05) is 12.1 Å². The Labute approximate surface area is 229 Å². The third-order valence-corrected chi connectivity index (χ3v) is 7.71. The third-order valence-electron chi connectivity index (χ3n) is 7.05. The molecule has 1 saturated heterocycles. The van der Waals surface area contributed by atoms with Gasteiger partial charge in [0, 0.05) is 41.2 Å². The number of benzene rings is 1. The zero-order valence-corrected chi connectivity index (χ0v) is 22.9. The van der Waals surface area contributed by atoms with Crippen LogP contribution in [0.25, 0.3) is 5.82 Å². The van der Waals surface area contributed by atoms with Gasteiger partial charge in [0.1, 0.15) is 11.6 Å². The highest BCUT2D eigenvalue weighted by molar-refractivity contribution is 9.10. The van der Waals surface area contributed by atoms with Crippen molar-refractivity contribution in [3.63, 3.8) is 0 Å². The lowest BCUT2D eigenvalue weighted by Gasteiger charge is -2.28. The highest BCUT2D eigenvalue weighted by Gasteiger charge is 2.24. The first kappa shape index (κ1) is 24.6. The molecule has 0 radical (unpaired) electrons. The molecule has 5 heterocycles. The number of hydrogen-bond acceptors (Lipinski definition) is 7. The van der Waals surface area contributed by atoms with Crippen molar-refractivity contribution in [3.05, 3.63) is 81.3 Å². The van der Waals surface area contributed by atoms with Crippen LogP contribution in [-0.2, 0) is 17.6 Å². The number of morpholine rings is 1. The number of halogens is 1. The van der Waals surface area contributed by atoms with E-state index in [4.69, 9.17) is 14.7 Å². The van der Waals surface area contributed by atoms with Crippen LogP contribution in [0.3, 0.4) is 0 Å². The van der Waals surface area contributed by atoms with Crippen LogP contribution in [0.1, 0.15) is 32.9 Å². The summed E-state index contributed by atoms with van der Waals surface area (Å²) < 4.78 is 8.31. The summed E-state index contributed by atoms with van der Waals surface area (Å²) in [6.07, 6.45) is 5.28. The first-order valence-corrected chi connectivity index (χ1v) is 13.5. The molecule has 2 aliphatic heterocycles. The summed E-state index contributed by atoms with van der Waals surface area (Å²) in [5.41, 5.74) is 6.15. The van der Waals surface area contributed by atoms with Crippen molar-refractivity contribution < 1.29 is 9.53 Å². The second-order valence-corrected chi connectivity index (χ2v) is 10.4. The quantitative estimate of drug-likeness (QED) is 0.347. The molecule has 38 heavy (non-hydrogen) atoms. The summed E-state index contributed by atoms with van der Waals surface area (Å²) in [7, 11) is 0. The molecule has 1 aromatic carbocycles. The van der Waals surface area contributed by atoms with Crippen LogP contribution in [0, 0.1) is 13.8 Å². The minimum absolute atomic E-state index is 0.133. The Balaban J connectivity index is 1.24. The molecule has 194 valence electrons. The molecular weight excluding hydrogens is 546 g/mol. The van der Waals surface area contributed by atoms with Crippen molar-refractivity contribution >= 4 is 45.0 Å². The number of fused-ring (bicyclic) bond motifs is 3. The number of aryl methyl sites for hydroxylation is 3. The summed E-state index contributed by atoms with van der Waals surface area (Å²) in [5, 5.41) is 6.40. The number of anilines is 4. The number of ether oxygens (including phenoxy) is 1. The van der Waals surface area contributed by atoms with E-state index in [0.717, 1.165) is 89.1 Å². The maximum absolute atomic E-state index is 13.2. The Morgan fingerprint density at radius 2 is 1.89 bits per heavy atom. The van der Waals surface area contributed by atoms with E-state index in [1.807, 2.05) is 67.2 Å². The van der Waals surface area contributed by atoms with Crippen LogP contribution >= 0.6 is 15.9 Å². The van der Waals surface area contributed by atoms with Crippen LogP contribution in [-0.4, -0.2) is 51.7 Å². The highest BCUT2D eigenvalue weighted by atomic mass is 79.9. The van der Waals surface area contributed by atoms with Crippen molar-refractivity contribution in [2.24, 2.45) is 0 Å². The second-order valence-electron chi connectivity index (χ2n) is 9.50. The van der Waals surface area contributed by atoms with Crippen LogP contribution in [0.5, 0.6) is 0 Å². The van der Waals surface area contributed by atoms with Gasteiger partial charge in [-0.2, -0.15) is 4.98 Å². The molecule has 1 fully saturated rings. The van der Waals surface area contributed by atoms with Crippen LogP contribution in [0.15, 0.2) is 53.3 Å². The topological polar surface area (TPSA) is 97.2 Å². The van der Waals surface area contributed by atoms with Gasteiger partial charge in [-0.15, -0.1) is 0 Å². The Hall–Kier alpha value is -3.76. The zero-order valence-electron chi connectivity index (χ0n) is 21.3. The molecule has 2 N–H and O–H groups in total. The summed E-state index contributed by atoms with van der Waals surface area (Å²) in [5.74, 6) is 2.09. The van der Waals surface area contributed by atoms with E-state index in [1.54, 1.807) is 0 Å². The summed E-state index contributed by atoms with van der Waals surface area (Å²) in [6, 6.07) is 11.7. The number of carbonyl (C=O) groups is 1. The number of rotatable bonds is 5. The third kappa shape index (κ3) is 4.65. The van der Waals surface area contributed by atoms with Crippen molar-refractivity contribution in [2.75, 3.05) is 41.8 Å². The van der Waals surface area contributed by atoms with Crippen molar-refractivity contribution in [1.29, 1.82) is 0 Å². The molecule has 0 unspecified atom stereocenters. The van der Waals surface area contributed by atoms with Crippen molar-refractivity contribution in [3.8, 4) is 5.82 Å². The molecule has 0 bridgehead atoms. The van der Waals surface area contributed by atoms with Gasteiger partial charge in [0.25, 0.3) is 5.91 Å². The molecule has 0 spiro atoms. The summed E-state index contributed by atoms with van der Waals surface area (Å²) >= 11 is 3.54. The Morgan fingerprint density at radius 3 is 2.68 bits per heavy atom. The van der Waals surface area contributed by atoms with Crippen LogP contribution in [0.2, 0.25) is 0 Å². The van der Waals surface area contributed by atoms with Crippen molar-refractivity contribution in [2.45, 2.75) is 26.7 Å². The Kier molecular flexibility index (Phi) is 6.59. The largest absolute Gasteiger partial charge is 0.378 e. The number of amides is 1. The lowest BCUT2D eigenvalue weighted by molar-refractivity contribution is 0.102. The van der Waals surface area contributed by atoms with Crippen molar-refractivity contribution in [1.82, 2.24) is 19.5 Å². The number of hydrogen-bond donors (Lipinski definition) is 2. The van der Waals surface area contributed by atoms with E-state index < -0.39 is 0 Å². The maximum Gasteiger partial charge on any atom is 0.257 e. The van der Waals surface area contributed by atoms with E-state index >= 15 is 0 Å². The summed E-state index contributed by atoms with van der Waals surface area (Å²) in [6.45, 7) is 7.08. The second kappa shape index (κ2) is 10.2. The smallest absolute Gasteiger partial charge is 0.257 e. The lowest BCUT2D eigenvalue weighted by Crippen LogP contribution is -2.36. The molecule has 9 nitrogen and oxygen atoms in total. The van der Waals surface area contributed by atoms with E-state index in [-0.39, 0.29) is 5.91 Å². The standard InChI is InChI=1S/C28H28BrN7O2/c1-17-4-3-5-21(29)25(17)33-27(37)20-10-11-36-23(20)8-6-19-16-30-28(34-26(19)36)32-22-7-9-24(31-18(22)2)35-12-14-38-15-13-35/h3-5,7,9-11,16H,6,8,12-15H2,1-2H3,(H,33,37)(H,30,32,34). The molecule has 3 aromatic heterocycles. The van der Waals surface area contributed by atoms with Gasteiger partial charge in [0.15, 0.2) is 0 Å². The van der Waals surface area contributed by atoms with Gasteiger partial charge in [0.05, 0.1) is 35.8 Å². The first-order chi connectivity index (χ1) is 18.5. The van der Waals surface area contributed by atoms with Gasteiger partial charge >= 0.3 is 0 Å². The van der Waals surface area contributed by atoms with E-state index in [1.165, 1.54) is 0 Å². The average Bonchev–Trinajstić information content (AvgIpc) is 3.37. The zero-order chi connectivity index (χ0) is 26.2. The van der Waals surface area contributed by atoms with Gasteiger partial charge in [-0.25, -0.2) is 9.97 Å². The monoisotopic (exact) mass is 573 g/mol. The summed E-state index contributed by atoms with van der Waals surface area (Å²) in [4.78, 5) is 29.7. The number of carbonyl (C=O) groups excluding carboxylic acids is 1. The predicted octanol–water partition coefficient (Wildman–Crippen LogP) is 4.97. The molecule has 4 aromatic rings. The fraction of sp³-hybridized carbons (Fsp3) is 0.286. The normalized spacial score (nSPS) is 14.6. The molecule has 0 atom stereocenters. The Bertz CT molecular complexity index is 1510. The molecular formula is C28H28BrN7O2. The molecule has 0 saturated carbocycles. The van der Waals surface area contributed by atoms with E-state index in [2.05, 4.69) is 36.4 Å². The van der Waals surface area contributed by atoms with Crippen LogP contribution in [0.4, 0.5) is 23.1 Å². The molecule has 0 aliphatic carbocycles. The predicted molar refractivity (Wildman–Crippen MR) is 151 cm³/mol. The number of para-hydroxylation sites is 1. The molecule has 6 rings (SSSR count). The SMILES string of the molecule is Cc1cccc(Br)c1NC(=O)c1ccn2c1CCc1cnc(Nc3ccc(N4CCOCC4)nc3C)nc1-2. The minimum atomic E-state index is -0.133. The minimum Gasteiger partial charge on any atom is -0.378 e.